The average molecular weight is 371 g/mol. The van der Waals surface area contributed by atoms with E-state index in [0.29, 0.717) is 11.1 Å². The van der Waals surface area contributed by atoms with Crippen molar-refractivity contribution < 1.29 is 4.74 Å². The number of nitrogens with zero attached hydrogens (tertiary/aromatic N) is 1. The zero-order valence-corrected chi connectivity index (χ0v) is 16.1. The van der Waals surface area contributed by atoms with Gasteiger partial charge in [0.2, 0.25) is 0 Å². The van der Waals surface area contributed by atoms with Crippen molar-refractivity contribution in [3.63, 3.8) is 0 Å². The van der Waals surface area contributed by atoms with Crippen molar-refractivity contribution in [3.8, 4) is 5.75 Å². The van der Waals surface area contributed by atoms with E-state index in [4.69, 9.17) is 22.1 Å². The molecule has 2 aromatic carbocycles. The summed E-state index contributed by atoms with van der Waals surface area (Å²) in [4.78, 5) is 2.54. The van der Waals surface area contributed by atoms with E-state index < -0.39 is 0 Å². The summed E-state index contributed by atoms with van der Waals surface area (Å²) in [6.07, 6.45) is 4.46. The molecule has 138 valence electrons. The molecule has 2 aliphatic rings. The molecule has 3 nitrogen and oxygen atoms in total. The summed E-state index contributed by atoms with van der Waals surface area (Å²) in [5, 5.41) is 0.683. The lowest BCUT2D eigenvalue weighted by molar-refractivity contribution is 0.0368. The van der Waals surface area contributed by atoms with E-state index in [1.807, 2.05) is 19.1 Å². The van der Waals surface area contributed by atoms with Crippen LogP contribution in [0, 0.1) is 6.92 Å². The van der Waals surface area contributed by atoms with Crippen molar-refractivity contribution in [2.75, 3.05) is 13.1 Å². The normalized spacial score (nSPS) is 26.3. The maximum absolute atomic E-state index is 6.55. The van der Waals surface area contributed by atoms with E-state index in [1.54, 1.807) is 0 Å². The maximum atomic E-state index is 6.55. The second-order valence-corrected chi connectivity index (χ2v) is 8.08. The number of ether oxygens (including phenoxy) is 1. The smallest absolute Gasteiger partial charge is 0.139 e. The first-order valence-electron chi connectivity index (χ1n) is 9.62. The molecule has 2 N–H and O–H groups in total. The Bertz CT molecular complexity index is 778. The van der Waals surface area contributed by atoms with Crippen LogP contribution in [0.4, 0.5) is 0 Å². The van der Waals surface area contributed by atoms with Gasteiger partial charge in [0, 0.05) is 12.6 Å². The topological polar surface area (TPSA) is 38.5 Å². The molecule has 1 fully saturated rings. The van der Waals surface area contributed by atoms with E-state index >= 15 is 0 Å². The molecule has 1 heterocycles. The van der Waals surface area contributed by atoms with Gasteiger partial charge < -0.3 is 10.5 Å². The van der Waals surface area contributed by atoms with Gasteiger partial charge in [-0.3, -0.25) is 4.90 Å². The van der Waals surface area contributed by atoms with Crippen LogP contribution in [0.25, 0.3) is 0 Å². The van der Waals surface area contributed by atoms with Gasteiger partial charge in [0.15, 0.2) is 0 Å². The van der Waals surface area contributed by atoms with Gasteiger partial charge in [-0.15, -0.1) is 0 Å². The molecule has 0 saturated carbocycles. The molecule has 0 bridgehead atoms. The Morgan fingerprint density at radius 2 is 2.00 bits per heavy atom. The van der Waals surface area contributed by atoms with Gasteiger partial charge in [0.25, 0.3) is 0 Å². The SMILES string of the molecule is Cc1ccc(O[C@H]2c3ccccc3CC[C@@H]2N2CCC[C@H](N)C2)c(Cl)c1. The summed E-state index contributed by atoms with van der Waals surface area (Å²) >= 11 is 6.47. The van der Waals surface area contributed by atoms with Crippen LogP contribution in [0.1, 0.15) is 42.1 Å². The van der Waals surface area contributed by atoms with E-state index in [0.717, 1.165) is 50.1 Å². The summed E-state index contributed by atoms with van der Waals surface area (Å²) in [7, 11) is 0. The van der Waals surface area contributed by atoms with Gasteiger partial charge in [-0.25, -0.2) is 0 Å². The van der Waals surface area contributed by atoms with Crippen LogP contribution in [-0.4, -0.2) is 30.1 Å². The molecule has 26 heavy (non-hydrogen) atoms. The van der Waals surface area contributed by atoms with Gasteiger partial charge in [-0.1, -0.05) is 41.9 Å². The zero-order valence-electron chi connectivity index (χ0n) is 15.3. The van der Waals surface area contributed by atoms with Gasteiger partial charge in [-0.2, -0.15) is 0 Å². The van der Waals surface area contributed by atoms with Gasteiger partial charge >= 0.3 is 0 Å². The highest BCUT2D eigenvalue weighted by Crippen LogP contribution is 2.39. The fourth-order valence-electron chi connectivity index (χ4n) is 4.40. The molecule has 0 unspecified atom stereocenters. The second kappa shape index (κ2) is 7.59. The van der Waals surface area contributed by atoms with Crippen molar-refractivity contribution in [2.24, 2.45) is 5.73 Å². The largest absolute Gasteiger partial charge is 0.483 e. The molecule has 0 aromatic heterocycles. The zero-order chi connectivity index (χ0) is 18.1. The molecule has 0 amide bonds. The standard InChI is InChI=1S/C22H27ClN2O/c1-15-8-11-21(19(23)13-15)26-22-18-7-3-2-5-16(18)9-10-20(22)25-12-4-6-17(24)14-25/h2-3,5,7-8,11,13,17,20,22H,4,6,9-10,12,14,24H2,1H3/t17-,20-,22-/m0/s1. The Morgan fingerprint density at radius 1 is 1.15 bits per heavy atom. The number of benzene rings is 2. The molecule has 2 aromatic rings. The molecule has 1 saturated heterocycles. The fraction of sp³-hybridized carbons (Fsp3) is 0.455. The third kappa shape index (κ3) is 3.62. The minimum Gasteiger partial charge on any atom is -0.483 e. The predicted molar refractivity (Wildman–Crippen MR) is 107 cm³/mol. The van der Waals surface area contributed by atoms with Gasteiger partial charge in [-0.05, 0) is 68.0 Å². The second-order valence-electron chi connectivity index (χ2n) is 7.67. The molecule has 1 aliphatic heterocycles. The molecule has 1 aliphatic carbocycles. The van der Waals surface area contributed by atoms with Crippen molar-refractivity contribution in [1.82, 2.24) is 4.90 Å². The maximum Gasteiger partial charge on any atom is 0.139 e. The lowest BCUT2D eigenvalue weighted by atomic mass is 9.84. The molecule has 4 heteroatoms. The third-order valence-electron chi connectivity index (χ3n) is 5.72. The Hall–Kier alpha value is -1.55. The number of piperidine rings is 1. The summed E-state index contributed by atoms with van der Waals surface area (Å²) in [6.45, 7) is 4.10. The van der Waals surface area contributed by atoms with Crippen molar-refractivity contribution in [3.05, 3.63) is 64.2 Å². The molecule has 3 atom stereocenters. The molecule has 0 spiro atoms. The molecular weight excluding hydrogens is 344 g/mol. The van der Waals surface area contributed by atoms with Crippen molar-refractivity contribution in [1.29, 1.82) is 0 Å². The first kappa shape index (κ1) is 17.8. The molecule has 4 rings (SSSR count). The van der Waals surface area contributed by atoms with Crippen LogP contribution >= 0.6 is 11.6 Å². The predicted octanol–water partition coefficient (Wildman–Crippen LogP) is 4.51. The minimum atomic E-state index is -0.00884. The Labute approximate surface area is 161 Å². The first-order chi connectivity index (χ1) is 12.6. The highest BCUT2D eigenvalue weighted by molar-refractivity contribution is 6.32. The highest BCUT2D eigenvalue weighted by Gasteiger charge is 2.36. The number of halogens is 1. The van der Waals surface area contributed by atoms with E-state index in [-0.39, 0.29) is 12.1 Å². The highest BCUT2D eigenvalue weighted by atomic mass is 35.5. The monoisotopic (exact) mass is 370 g/mol. The minimum absolute atomic E-state index is 0.00884. The van der Waals surface area contributed by atoms with Crippen LogP contribution in [0.2, 0.25) is 5.02 Å². The van der Waals surface area contributed by atoms with Crippen LogP contribution in [0.5, 0.6) is 5.75 Å². The number of hydrogen-bond donors (Lipinski definition) is 1. The number of rotatable bonds is 3. The number of fused-ring (bicyclic) bond motifs is 1. The molecular formula is C22H27ClN2O. The summed E-state index contributed by atoms with van der Waals surface area (Å²) in [5.74, 6) is 0.769. The summed E-state index contributed by atoms with van der Waals surface area (Å²) < 4.78 is 6.55. The molecule has 0 radical (unpaired) electrons. The fourth-order valence-corrected chi connectivity index (χ4v) is 4.68. The van der Waals surface area contributed by atoms with E-state index in [9.17, 15) is 0 Å². The number of nitrogens with two attached hydrogens (primary N) is 1. The summed E-state index contributed by atoms with van der Waals surface area (Å²) in [6, 6.07) is 15.3. The van der Waals surface area contributed by atoms with E-state index in [2.05, 4.69) is 35.2 Å². The Kier molecular flexibility index (Phi) is 5.21. The van der Waals surface area contributed by atoms with Crippen LogP contribution in [0.3, 0.4) is 0 Å². The van der Waals surface area contributed by atoms with Crippen LogP contribution in [-0.2, 0) is 6.42 Å². The first-order valence-corrected chi connectivity index (χ1v) is 10.00. The Balaban J connectivity index is 1.67. The van der Waals surface area contributed by atoms with Crippen LogP contribution in [0.15, 0.2) is 42.5 Å². The average Bonchev–Trinajstić information content (AvgIpc) is 2.64. The van der Waals surface area contributed by atoms with Gasteiger partial charge in [0.05, 0.1) is 11.1 Å². The number of likely N-dealkylation sites (tertiary alicyclic amines) is 1. The number of aryl methyl sites for hydroxylation is 2. The third-order valence-corrected chi connectivity index (χ3v) is 6.02. The van der Waals surface area contributed by atoms with Crippen LogP contribution < -0.4 is 10.5 Å². The lowest BCUT2D eigenvalue weighted by Crippen LogP contribution is -2.51. The number of hydrogen-bond acceptors (Lipinski definition) is 3. The van der Waals surface area contributed by atoms with Gasteiger partial charge in [0.1, 0.15) is 11.9 Å². The van der Waals surface area contributed by atoms with E-state index in [1.165, 1.54) is 11.1 Å². The summed E-state index contributed by atoms with van der Waals surface area (Å²) in [5.41, 5.74) is 10.1. The quantitative estimate of drug-likeness (QED) is 0.864. The Morgan fingerprint density at radius 3 is 2.81 bits per heavy atom. The van der Waals surface area contributed by atoms with Crippen molar-refractivity contribution >= 4 is 11.6 Å². The lowest BCUT2D eigenvalue weighted by Gasteiger charge is -2.43. The van der Waals surface area contributed by atoms with Crippen molar-refractivity contribution in [2.45, 2.75) is 50.8 Å².